The summed E-state index contributed by atoms with van der Waals surface area (Å²) in [4.78, 5) is 6.56. The van der Waals surface area contributed by atoms with E-state index in [0.29, 0.717) is 31.3 Å². The van der Waals surface area contributed by atoms with Crippen molar-refractivity contribution in [1.82, 2.24) is 20.4 Å². The van der Waals surface area contributed by atoms with E-state index in [9.17, 15) is 5.11 Å². The third-order valence-corrected chi connectivity index (χ3v) is 3.42. The lowest BCUT2D eigenvalue weighted by atomic mass is 10.2. The molecule has 1 aromatic rings. The van der Waals surface area contributed by atoms with Gasteiger partial charge in [0.1, 0.15) is 6.10 Å². The van der Waals surface area contributed by atoms with E-state index >= 15 is 0 Å². The molecule has 0 amide bonds. The average Bonchev–Trinajstić information content (AvgIpc) is 2.97. The van der Waals surface area contributed by atoms with E-state index in [1.807, 2.05) is 7.05 Å². The minimum absolute atomic E-state index is 0.0393. The quantitative estimate of drug-likeness (QED) is 0.734. The van der Waals surface area contributed by atoms with Crippen LogP contribution >= 0.6 is 0 Å². The van der Waals surface area contributed by atoms with Gasteiger partial charge in [0.05, 0.1) is 18.8 Å². The van der Waals surface area contributed by atoms with Crippen molar-refractivity contribution in [3.05, 3.63) is 11.7 Å². The summed E-state index contributed by atoms with van der Waals surface area (Å²) in [5, 5.41) is 16.6. The molecule has 7 nitrogen and oxygen atoms in total. The molecule has 2 fully saturated rings. The molecule has 0 radical (unpaired) electrons. The predicted octanol–water partition coefficient (Wildman–Crippen LogP) is -0.532. The highest BCUT2D eigenvalue weighted by Crippen LogP contribution is 2.25. The van der Waals surface area contributed by atoms with Crippen LogP contribution < -0.4 is 5.32 Å². The zero-order valence-electron chi connectivity index (χ0n) is 10.4. The van der Waals surface area contributed by atoms with Crippen LogP contribution in [0.1, 0.15) is 30.3 Å². The van der Waals surface area contributed by atoms with Crippen molar-refractivity contribution in [2.45, 2.75) is 24.7 Å². The SMILES string of the molecule is CN1CCOC(c2noc([C@@H]3C[C@H](O)CN3)n2)C1. The van der Waals surface area contributed by atoms with Crippen molar-refractivity contribution >= 4 is 0 Å². The molecular weight excluding hydrogens is 236 g/mol. The molecule has 1 aromatic heterocycles. The van der Waals surface area contributed by atoms with Crippen molar-refractivity contribution in [1.29, 1.82) is 0 Å². The van der Waals surface area contributed by atoms with Gasteiger partial charge in [0.15, 0.2) is 0 Å². The maximum absolute atomic E-state index is 9.47. The lowest BCUT2D eigenvalue weighted by molar-refractivity contribution is -0.0264. The Bertz CT molecular complexity index is 411. The number of rotatable bonds is 2. The fraction of sp³-hybridized carbons (Fsp3) is 0.818. The molecule has 0 aromatic carbocycles. The second-order valence-electron chi connectivity index (χ2n) is 4.96. The van der Waals surface area contributed by atoms with Gasteiger partial charge in [-0.1, -0.05) is 5.16 Å². The minimum atomic E-state index is -0.331. The third-order valence-electron chi connectivity index (χ3n) is 3.42. The van der Waals surface area contributed by atoms with E-state index in [1.165, 1.54) is 0 Å². The van der Waals surface area contributed by atoms with E-state index in [-0.39, 0.29) is 18.2 Å². The molecule has 0 bridgehead atoms. The topological polar surface area (TPSA) is 83.7 Å². The number of hydrogen-bond acceptors (Lipinski definition) is 7. The highest BCUT2D eigenvalue weighted by atomic mass is 16.5. The summed E-state index contributed by atoms with van der Waals surface area (Å²) >= 11 is 0. The molecule has 0 spiro atoms. The van der Waals surface area contributed by atoms with Gasteiger partial charge in [-0.05, 0) is 13.5 Å². The Morgan fingerprint density at radius 3 is 3.11 bits per heavy atom. The number of nitrogens with zero attached hydrogens (tertiary/aromatic N) is 3. The Kier molecular flexibility index (Phi) is 3.29. The van der Waals surface area contributed by atoms with Crippen molar-refractivity contribution in [2.75, 3.05) is 33.3 Å². The molecular formula is C11H18N4O3. The first kappa shape index (κ1) is 12.0. The molecule has 18 heavy (non-hydrogen) atoms. The van der Waals surface area contributed by atoms with Gasteiger partial charge in [-0.3, -0.25) is 0 Å². The Morgan fingerprint density at radius 1 is 1.50 bits per heavy atom. The number of β-amino-alcohol motifs (C(OH)–C–C–N with tert-alkyl or cyclic N) is 1. The number of morpholine rings is 1. The van der Waals surface area contributed by atoms with Crippen LogP contribution in [0.4, 0.5) is 0 Å². The molecule has 2 N–H and O–H groups in total. The van der Waals surface area contributed by atoms with E-state index in [0.717, 1.165) is 13.1 Å². The molecule has 3 heterocycles. The zero-order chi connectivity index (χ0) is 12.5. The van der Waals surface area contributed by atoms with E-state index < -0.39 is 0 Å². The standard InChI is InChI=1S/C11H18N4O3/c1-15-2-3-17-9(6-15)10-13-11(18-14-10)8-4-7(16)5-12-8/h7-9,12,16H,2-6H2,1H3/t7-,8-,9?/m0/s1. The van der Waals surface area contributed by atoms with E-state index in [1.54, 1.807) is 0 Å². The first-order valence-corrected chi connectivity index (χ1v) is 6.27. The second-order valence-corrected chi connectivity index (χ2v) is 4.96. The molecule has 100 valence electrons. The van der Waals surface area contributed by atoms with Gasteiger partial charge in [-0.2, -0.15) is 4.98 Å². The Hall–Kier alpha value is -1.02. The number of aliphatic hydroxyl groups excluding tert-OH is 1. The van der Waals surface area contributed by atoms with Crippen molar-refractivity contribution < 1.29 is 14.4 Å². The van der Waals surface area contributed by atoms with Crippen LogP contribution in [0.3, 0.4) is 0 Å². The number of hydrogen-bond donors (Lipinski definition) is 2. The summed E-state index contributed by atoms with van der Waals surface area (Å²) in [5.74, 6) is 1.14. The summed E-state index contributed by atoms with van der Waals surface area (Å²) in [5.41, 5.74) is 0. The Morgan fingerprint density at radius 2 is 2.39 bits per heavy atom. The fourth-order valence-corrected chi connectivity index (χ4v) is 2.36. The third kappa shape index (κ3) is 2.39. The summed E-state index contributed by atoms with van der Waals surface area (Å²) < 4.78 is 10.9. The zero-order valence-corrected chi connectivity index (χ0v) is 10.4. The van der Waals surface area contributed by atoms with Crippen LogP contribution in [0.5, 0.6) is 0 Å². The molecule has 2 aliphatic rings. The number of nitrogens with one attached hydrogen (secondary N) is 1. The maximum Gasteiger partial charge on any atom is 0.243 e. The summed E-state index contributed by atoms with van der Waals surface area (Å²) in [6.45, 7) is 2.97. The van der Waals surface area contributed by atoms with E-state index in [4.69, 9.17) is 9.26 Å². The Labute approximate surface area is 105 Å². The van der Waals surface area contributed by atoms with Gasteiger partial charge >= 0.3 is 0 Å². The van der Waals surface area contributed by atoms with Crippen LogP contribution in [-0.2, 0) is 4.74 Å². The van der Waals surface area contributed by atoms with Gasteiger partial charge in [0.25, 0.3) is 0 Å². The summed E-state index contributed by atoms with van der Waals surface area (Å²) in [7, 11) is 2.05. The predicted molar refractivity (Wildman–Crippen MR) is 61.9 cm³/mol. The first-order valence-electron chi connectivity index (χ1n) is 6.27. The van der Waals surface area contributed by atoms with Crippen LogP contribution in [-0.4, -0.2) is 59.5 Å². The van der Waals surface area contributed by atoms with Crippen LogP contribution in [0.2, 0.25) is 0 Å². The van der Waals surface area contributed by atoms with Crippen molar-refractivity contribution in [2.24, 2.45) is 0 Å². The van der Waals surface area contributed by atoms with Crippen LogP contribution in [0, 0.1) is 0 Å². The highest BCUT2D eigenvalue weighted by molar-refractivity contribution is 5.00. The molecule has 1 unspecified atom stereocenters. The van der Waals surface area contributed by atoms with Crippen molar-refractivity contribution in [3.63, 3.8) is 0 Å². The van der Waals surface area contributed by atoms with Crippen LogP contribution in [0.25, 0.3) is 0 Å². The van der Waals surface area contributed by atoms with Gasteiger partial charge in [-0.15, -0.1) is 0 Å². The number of aliphatic hydroxyl groups is 1. The molecule has 3 rings (SSSR count). The molecule has 0 saturated carbocycles. The smallest absolute Gasteiger partial charge is 0.243 e. The van der Waals surface area contributed by atoms with Gasteiger partial charge in [-0.25, -0.2) is 0 Å². The molecule has 0 aliphatic carbocycles. The van der Waals surface area contributed by atoms with Crippen LogP contribution in [0.15, 0.2) is 4.52 Å². The number of likely N-dealkylation sites (N-methyl/N-ethyl adjacent to an activating group) is 1. The van der Waals surface area contributed by atoms with Gasteiger partial charge in [0.2, 0.25) is 11.7 Å². The first-order chi connectivity index (χ1) is 8.72. The molecule has 3 atom stereocenters. The second kappa shape index (κ2) is 4.93. The Balaban J connectivity index is 1.69. The normalized spacial score (nSPS) is 34.0. The molecule has 2 saturated heterocycles. The fourth-order valence-electron chi connectivity index (χ4n) is 2.36. The minimum Gasteiger partial charge on any atom is -0.392 e. The van der Waals surface area contributed by atoms with Gasteiger partial charge < -0.3 is 24.6 Å². The average molecular weight is 254 g/mol. The lowest BCUT2D eigenvalue weighted by Gasteiger charge is -2.27. The highest BCUT2D eigenvalue weighted by Gasteiger charge is 2.30. The van der Waals surface area contributed by atoms with E-state index in [2.05, 4.69) is 20.4 Å². The summed E-state index contributed by atoms with van der Waals surface area (Å²) in [6, 6.07) is -0.0393. The number of aromatic nitrogens is 2. The monoisotopic (exact) mass is 254 g/mol. The number of ether oxygens (including phenoxy) is 1. The largest absolute Gasteiger partial charge is 0.392 e. The van der Waals surface area contributed by atoms with Crippen molar-refractivity contribution in [3.8, 4) is 0 Å². The summed E-state index contributed by atoms with van der Waals surface area (Å²) in [6.07, 6.45) is 0.169. The van der Waals surface area contributed by atoms with Gasteiger partial charge in [0, 0.05) is 19.6 Å². The molecule has 7 heteroatoms. The lowest BCUT2D eigenvalue weighted by Crippen LogP contribution is -2.35. The maximum atomic E-state index is 9.47. The molecule has 2 aliphatic heterocycles.